The molecule has 4 nitrogen and oxygen atoms in total. The summed E-state index contributed by atoms with van der Waals surface area (Å²) in [5, 5.41) is 0. The summed E-state index contributed by atoms with van der Waals surface area (Å²) >= 11 is 0. The van der Waals surface area contributed by atoms with E-state index in [-0.39, 0.29) is 0 Å². The Kier molecular flexibility index (Phi) is 6.84. The van der Waals surface area contributed by atoms with Crippen LogP contribution in [-0.2, 0) is 20.3 Å². The average molecular weight is 257 g/mol. The molecule has 0 saturated heterocycles. The van der Waals surface area contributed by atoms with Crippen LogP contribution >= 0.6 is 0 Å². The Morgan fingerprint density at radius 1 is 1.18 bits per heavy atom. The lowest BCUT2D eigenvalue weighted by atomic mass is 10.3. The first kappa shape index (κ1) is 14.2. The first-order valence-electron chi connectivity index (χ1n) is 5.54. The van der Waals surface area contributed by atoms with Crippen LogP contribution in [0.5, 0.6) is 0 Å². The van der Waals surface area contributed by atoms with Crippen LogP contribution in [0.4, 0.5) is 5.69 Å². The smallest absolute Gasteiger partial charge is 0.0585 e. The monoisotopic (exact) mass is 257 g/mol. The molecule has 0 aliphatic carbocycles. The van der Waals surface area contributed by atoms with Crippen LogP contribution in [0.3, 0.4) is 0 Å². The molecular weight excluding hydrogens is 238 g/mol. The Labute approximate surface area is 105 Å². The zero-order valence-electron chi connectivity index (χ0n) is 10.1. The Balaban J connectivity index is 2.19. The van der Waals surface area contributed by atoms with Gasteiger partial charge in [0.25, 0.3) is 0 Å². The van der Waals surface area contributed by atoms with E-state index in [1.807, 2.05) is 0 Å². The largest absolute Gasteiger partial charge is 0.399 e. The van der Waals surface area contributed by atoms with Crippen molar-refractivity contribution < 1.29 is 13.7 Å². The minimum atomic E-state index is -1.01. The van der Waals surface area contributed by atoms with E-state index in [9.17, 15) is 4.21 Å². The van der Waals surface area contributed by atoms with Gasteiger partial charge in [-0.2, -0.15) is 0 Å². The fourth-order valence-corrected chi connectivity index (χ4v) is 2.22. The second-order valence-electron chi connectivity index (χ2n) is 3.58. The van der Waals surface area contributed by atoms with Gasteiger partial charge in [-0.25, -0.2) is 0 Å². The molecule has 0 aliphatic heterocycles. The van der Waals surface area contributed by atoms with Crippen molar-refractivity contribution in [3.8, 4) is 0 Å². The third-order valence-electron chi connectivity index (χ3n) is 2.19. The molecule has 17 heavy (non-hydrogen) atoms. The van der Waals surface area contributed by atoms with Gasteiger partial charge in [-0.1, -0.05) is 0 Å². The Morgan fingerprint density at radius 3 is 2.53 bits per heavy atom. The van der Waals surface area contributed by atoms with Gasteiger partial charge < -0.3 is 15.2 Å². The first-order chi connectivity index (χ1) is 8.24. The summed E-state index contributed by atoms with van der Waals surface area (Å²) in [5.41, 5.74) is 6.24. The third-order valence-corrected chi connectivity index (χ3v) is 3.53. The summed E-state index contributed by atoms with van der Waals surface area (Å²) in [5.74, 6) is 0.511. The SMILES string of the molecule is COCCCOCCS(=O)c1ccc(N)cc1. The van der Waals surface area contributed by atoms with E-state index in [0.717, 1.165) is 11.3 Å². The zero-order valence-corrected chi connectivity index (χ0v) is 10.9. The fraction of sp³-hybridized carbons (Fsp3) is 0.500. The van der Waals surface area contributed by atoms with Gasteiger partial charge in [-0.3, -0.25) is 4.21 Å². The number of ether oxygens (including phenoxy) is 2. The van der Waals surface area contributed by atoms with Crippen molar-refractivity contribution in [2.75, 3.05) is 38.4 Å². The quantitative estimate of drug-likeness (QED) is 0.565. The average Bonchev–Trinajstić information content (AvgIpc) is 2.34. The number of nitrogens with two attached hydrogens (primary N) is 1. The molecule has 0 radical (unpaired) electrons. The molecule has 1 rings (SSSR count). The molecule has 96 valence electrons. The van der Waals surface area contributed by atoms with E-state index < -0.39 is 10.8 Å². The number of anilines is 1. The maximum atomic E-state index is 11.8. The van der Waals surface area contributed by atoms with Gasteiger partial charge in [0, 0.05) is 30.9 Å². The second kappa shape index (κ2) is 8.22. The molecule has 0 amide bonds. The van der Waals surface area contributed by atoms with E-state index in [2.05, 4.69) is 0 Å². The molecule has 5 heteroatoms. The first-order valence-corrected chi connectivity index (χ1v) is 6.86. The molecule has 0 fully saturated rings. The number of rotatable bonds is 8. The number of hydrogen-bond donors (Lipinski definition) is 1. The molecule has 1 aromatic carbocycles. The van der Waals surface area contributed by atoms with Crippen molar-refractivity contribution in [2.24, 2.45) is 0 Å². The lowest BCUT2D eigenvalue weighted by Crippen LogP contribution is -2.08. The van der Waals surface area contributed by atoms with Crippen molar-refractivity contribution in [3.63, 3.8) is 0 Å². The normalized spacial score (nSPS) is 12.5. The summed E-state index contributed by atoms with van der Waals surface area (Å²) in [6.07, 6.45) is 0.866. The highest BCUT2D eigenvalue weighted by molar-refractivity contribution is 7.85. The molecule has 1 unspecified atom stereocenters. The minimum Gasteiger partial charge on any atom is -0.399 e. The van der Waals surface area contributed by atoms with Crippen molar-refractivity contribution in [1.29, 1.82) is 0 Å². The lowest BCUT2D eigenvalue weighted by Gasteiger charge is -2.04. The number of hydrogen-bond acceptors (Lipinski definition) is 4. The predicted octanol–water partition coefficient (Wildman–Crippen LogP) is 1.43. The Morgan fingerprint density at radius 2 is 1.88 bits per heavy atom. The fourth-order valence-electron chi connectivity index (χ4n) is 1.28. The standard InChI is InChI=1S/C12H19NO3S/c1-15-7-2-8-16-9-10-17(14)12-5-3-11(13)4-6-12/h3-6H,2,7-10,13H2,1H3. The summed E-state index contributed by atoms with van der Waals surface area (Å²) in [4.78, 5) is 0.791. The van der Waals surface area contributed by atoms with Gasteiger partial charge in [0.15, 0.2) is 0 Å². The predicted molar refractivity (Wildman–Crippen MR) is 69.4 cm³/mol. The molecule has 2 N–H and O–H groups in total. The van der Waals surface area contributed by atoms with Crippen LogP contribution in [0.25, 0.3) is 0 Å². The van der Waals surface area contributed by atoms with E-state index >= 15 is 0 Å². The zero-order chi connectivity index (χ0) is 12.5. The third kappa shape index (κ3) is 5.81. The van der Waals surface area contributed by atoms with Gasteiger partial charge in [-0.15, -0.1) is 0 Å². The maximum absolute atomic E-state index is 11.8. The van der Waals surface area contributed by atoms with Gasteiger partial charge in [-0.05, 0) is 30.7 Å². The highest BCUT2D eigenvalue weighted by Crippen LogP contribution is 2.09. The summed E-state index contributed by atoms with van der Waals surface area (Å²) in [6, 6.07) is 7.09. The summed E-state index contributed by atoms with van der Waals surface area (Å²) in [6.45, 7) is 1.84. The molecule has 1 atom stereocenters. The van der Waals surface area contributed by atoms with Gasteiger partial charge in [0.2, 0.25) is 0 Å². The summed E-state index contributed by atoms with van der Waals surface area (Å²) in [7, 11) is 0.652. The van der Waals surface area contributed by atoms with Crippen LogP contribution in [0.2, 0.25) is 0 Å². The molecule has 0 aliphatic rings. The van der Waals surface area contributed by atoms with Crippen molar-refractivity contribution in [1.82, 2.24) is 0 Å². The van der Waals surface area contributed by atoms with Crippen molar-refractivity contribution in [2.45, 2.75) is 11.3 Å². The maximum Gasteiger partial charge on any atom is 0.0585 e. The highest BCUT2D eigenvalue weighted by atomic mass is 32.2. The summed E-state index contributed by atoms with van der Waals surface area (Å²) < 4.78 is 22.1. The van der Waals surface area contributed by atoms with Crippen LogP contribution in [0.15, 0.2) is 29.2 Å². The van der Waals surface area contributed by atoms with Crippen LogP contribution < -0.4 is 5.73 Å². The molecule has 0 aromatic heterocycles. The Bertz CT molecular complexity index is 340. The topological polar surface area (TPSA) is 61.5 Å². The van der Waals surface area contributed by atoms with Crippen molar-refractivity contribution in [3.05, 3.63) is 24.3 Å². The molecule has 0 spiro atoms. The van der Waals surface area contributed by atoms with Gasteiger partial charge in [0.1, 0.15) is 0 Å². The molecule has 0 heterocycles. The number of nitrogen functional groups attached to an aromatic ring is 1. The Hall–Kier alpha value is -0.910. The molecule has 0 bridgehead atoms. The minimum absolute atomic E-state index is 0.501. The van der Waals surface area contributed by atoms with Crippen LogP contribution in [-0.4, -0.2) is 36.9 Å². The molecule has 0 saturated carbocycles. The van der Waals surface area contributed by atoms with Crippen LogP contribution in [0.1, 0.15) is 6.42 Å². The highest BCUT2D eigenvalue weighted by Gasteiger charge is 2.03. The van der Waals surface area contributed by atoms with E-state index in [4.69, 9.17) is 15.2 Å². The van der Waals surface area contributed by atoms with E-state index in [1.165, 1.54) is 0 Å². The van der Waals surface area contributed by atoms with Gasteiger partial charge in [0.05, 0.1) is 23.2 Å². The lowest BCUT2D eigenvalue weighted by molar-refractivity contribution is 0.112. The van der Waals surface area contributed by atoms with E-state index in [1.54, 1.807) is 31.4 Å². The number of benzene rings is 1. The molecule has 1 aromatic rings. The van der Waals surface area contributed by atoms with Gasteiger partial charge >= 0.3 is 0 Å². The van der Waals surface area contributed by atoms with E-state index in [0.29, 0.717) is 31.3 Å². The second-order valence-corrected chi connectivity index (χ2v) is 5.15. The molecular formula is C12H19NO3S. The van der Waals surface area contributed by atoms with Crippen LogP contribution in [0, 0.1) is 0 Å². The van der Waals surface area contributed by atoms with Crippen molar-refractivity contribution >= 4 is 16.5 Å². The number of methoxy groups -OCH3 is 1.